The van der Waals surface area contributed by atoms with Crippen molar-refractivity contribution in [1.29, 1.82) is 0 Å². The fourth-order valence-electron chi connectivity index (χ4n) is 4.47. The van der Waals surface area contributed by atoms with Gasteiger partial charge in [0.25, 0.3) is 5.91 Å². The highest BCUT2D eigenvalue weighted by Gasteiger charge is 2.36. The highest BCUT2D eigenvalue weighted by molar-refractivity contribution is 9.10. The number of halogens is 1. The third-order valence-corrected chi connectivity index (χ3v) is 6.59. The summed E-state index contributed by atoms with van der Waals surface area (Å²) in [6, 6.07) is 16.8. The lowest BCUT2D eigenvalue weighted by Crippen LogP contribution is -2.52. The maximum atomic E-state index is 12.3. The van der Waals surface area contributed by atoms with Crippen LogP contribution in [0.1, 0.15) is 48.0 Å². The normalized spacial score (nSPS) is 24.6. The van der Waals surface area contributed by atoms with E-state index < -0.39 is 0 Å². The average Bonchev–Trinajstić information content (AvgIpc) is 2.68. The van der Waals surface area contributed by atoms with E-state index in [1.165, 1.54) is 19.3 Å². The first kappa shape index (κ1) is 19.5. The quantitative estimate of drug-likeness (QED) is 0.724. The van der Waals surface area contributed by atoms with Gasteiger partial charge in [-0.15, -0.1) is 0 Å². The van der Waals surface area contributed by atoms with Gasteiger partial charge in [0.1, 0.15) is 11.9 Å². The van der Waals surface area contributed by atoms with E-state index in [0.29, 0.717) is 30.3 Å². The molecule has 0 aromatic heterocycles. The molecule has 148 valence electrons. The molecule has 0 aliphatic carbocycles. The van der Waals surface area contributed by atoms with Crippen LogP contribution in [-0.2, 0) is 6.54 Å². The molecule has 1 N–H and O–H groups in total. The maximum Gasteiger partial charge on any atom is 0.251 e. The van der Waals surface area contributed by atoms with E-state index in [1.54, 1.807) is 0 Å². The van der Waals surface area contributed by atoms with Crippen LogP contribution in [0, 0.1) is 0 Å². The number of ether oxygens (including phenoxy) is 1. The molecule has 2 heterocycles. The van der Waals surface area contributed by atoms with Gasteiger partial charge in [-0.25, -0.2) is 0 Å². The van der Waals surface area contributed by atoms with Crippen LogP contribution in [0.5, 0.6) is 5.75 Å². The van der Waals surface area contributed by atoms with Crippen molar-refractivity contribution >= 4 is 21.8 Å². The van der Waals surface area contributed by atoms with Crippen molar-refractivity contribution in [2.45, 2.75) is 56.8 Å². The monoisotopic (exact) mass is 442 g/mol. The lowest BCUT2D eigenvalue weighted by atomic mass is 9.83. The number of nitrogens with one attached hydrogen (secondary N) is 1. The first-order chi connectivity index (χ1) is 13.6. The molecule has 28 heavy (non-hydrogen) atoms. The number of nitrogens with zero attached hydrogens (tertiary/aromatic N) is 1. The summed E-state index contributed by atoms with van der Waals surface area (Å²) >= 11 is 3.39. The fraction of sp³-hybridized carbons (Fsp3) is 0.435. The molecule has 2 aliphatic heterocycles. The van der Waals surface area contributed by atoms with Crippen molar-refractivity contribution in [2.24, 2.45) is 0 Å². The summed E-state index contributed by atoms with van der Waals surface area (Å²) in [5.41, 5.74) is 1.71. The predicted molar refractivity (Wildman–Crippen MR) is 115 cm³/mol. The second-order valence-corrected chi connectivity index (χ2v) is 8.87. The van der Waals surface area contributed by atoms with Crippen LogP contribution in [0.3, 0.4) is 0 Å². The van der Waals surface area contributed by atoms with Gasteiger partial charge in [-0.05, 0) is 74.7 Å². The Labute approximate surface area is 175 Å². The van der Waals surface area contributed by atoms with Crippen LogP contribution in [0.2, 0.25) is 0 Å². The standard InChI is InChI=1S/C23H27BrN2O2/c1-26-19-5-3-6-20(26)14-22(13-19)28-21-7-2-4-16(12-21)15-25-23(27)17-8-10-18(24)11-9-17/h2,4,7-12,19-20,22H,3,5-6,13-15H2,1H3,(H,25,27). The Morgan fingerprint density at radius 3 is 2.57 bits per heavy atom. The summed E-state index contributed by atoms with van der Waals surface area (Å²) in [7, 11) is 2.26. The molecule has 0 radical (unpaired) electrons. The van der Waals surface area contributed by atoms with Crippen molar-refractivity contribution in [3.8, 4) is 5.75 Å². The topological polar surface area (TPSA) is 41.6 Å². The van der Waals surface area contributed by atoms with Crippen LogP contribution >= 0.6 is 15.9 Å². The number of carbonyl (C=O) groups is 1. The zero-order valence-corrected chi connectivity index (χ0v) is 17.8. The second kappa shape index (κ2) is 8.66. The summed E-state index contributed by atoms with van der Waals surface area (Å²) in [4.78, 5) is 14.9. The summed E-state index contributed by atoms with van der Waals surface area (Å²) in [5, 5.41) is 2.99. The van der Waals surface area contributed by atoms with Crippen molar-refractivity contribution in [2.75, 3.05) is 7.05 Å². The Bertz CT molecular complexity index is 810. The van der Waals surface area contributed by atoms with Gasteiger partial charge in [-0.1, -0.05) is 34.5 Å². The van der Waals surface area contributed by atoms with Crippen LogP contribution in [-0.4, -0.2) is 36.0 Å². The number of carbonyl (C=O) groups excluding carboxylic acids is 1. The van der Waals surface area contributed by atoms with E-state index in [2.05, 4.69) is 39.3 Å². The zero-order valence-electron chi connectivity index (χ0n) is 16.2. The highest BCUT2D eigenvalue weighted by atomic mass is 79.9. The molecule has 5 heteroatoms. The Morgan fingerprint density at radius 2 is 1.86 bits per heavy atom. The molecule has 2 aromatic carbocycles. The van der Waals surface area contributed by atoms with Crippen molar-refractivity contribution in [3.63, 3.8) is 0 Å². The Hall–Kier alpha value is -1.85. The van der Waals surface area contributed by atoms with Gasteiger partial charge >= 0.3 is 0 Å². The van der Waals surface area contributed by atoms with Crippen LogP contribution < -0.4 is 10.1 Å². The van der Waals surface area contributed by atoms with Crippen LogP contribution in [0.25, 0.3) is 0 Å². The van der Waals surface area contributed by atoms with Crippen molar-refractivity contribution in [3.05, 3.63) is 64.1 Å². The smallest absolute Gasteiger partial charge is 0.251 e. The first-order valence-corrected chi connectivity index (χ1v) is 10.9. The van der Waals surface area contributed by atoms with Gasteiger partial charge in [0, 0.05) is 28.7 Å². The molecule has 4 rings (SSSR count). The van der Waals surface area contributed by atoms with Crippen LogP contribution in [0.4, 0.5) is 0 Å². The fourth-order valence-corrected chi connectivity index (χ4v) is 4.73. The Balaban J connectivity index is 1.34. The summed E-state index contributed by atoms with van der Waals surface area (Å²) in [6.07, 6.45) is 6.43. The SMILES string of the molecule is CN1C2CCCC1CC(Oc1cccc(CNC(=O)c3ccc(Br)cc3)c1)C2. The average molecular weight is 443 g/mol. The second-order valence-electron chi connectivity index (χ2n) is 7.95. The number of hydrogen-bond acceptors (Lipinski definition) is 3. The number of amides is 1. The molecule has 2 atom stereocenters. The van der Waals surface area contributed by atoms with Crippen LogP contribution in [0.15, 0.2) is 53.0 Å². The molecular weight excluding hydrogens is 416 g/mol. The number of piperidine rings is 2. The minimum Gasteiger partial charge on any atom is -0.490 e. The third-order valence-electron chi connectivity index (χ3n) is 6.06. The number of rotatable bonds is 5. The number of hydrogen-bond donors (Lipinski definition) is 1. The summed E-state index contributed by atoms with van der Waals surface area (Å²) in [5.74, 6) is 0.838. The van der Waals surface area contributed by atoms with Crippen molar-refractivity contribution < 1.29 is 9.53 Å². The minimum absolute atomic E-state index is 0.0676. The zero-order chi connectivity index (χ0) is 19.5. The van der Waals surface area contributed by atoms with Gasteiger partial charge < -0.3 is 15.0 Å². The molecule has 2 bridgehead atoms. The lowest BCUT2D eigenvalue weighted by molar-refractivity contribution is 0.000114. The molecule has 2 unspecified atom stereocenters. The lowest BCUT2D eigenvalue weighted by Gasteiger charge is -2.46. The van der Waals surface area contributed by atoms with Gasteiger partial charge in [0.2, 0.25) is 0 Å². The van der Waals surface area contributed by atoms with E-state index >= 15 is 0 Å². The molecule has 0 spiro atoms. The van der Waals surface area contributed by atoms with E-state index in [9.17, 15) is 4.79 Å². The molecular formula is C23H27BrN2O2. The van der Waals surface area contributed by atoms with Gasteiger partial charge in [0.15, 0.2) is 0 Å². The van der Waals surface area contributed by atoms with Gasteiger partial charge in [-0.2, -0.15) is 0 Å². The highest BCUT2D eigenvalue weighted by Crippen LogP contribution is 2.34. The first-order valence-electron chi connectivity index (χ1n) is 10.1. The van der Waals surface area contributed by atoms with E-state index in [1.807, 2.05) is 42.5 Å². The molecule has 1 amide bonds. The van der Waals surface area contributed by atoms with E-state index in [0.717, 1.165) is 28.6 Å². The molecule has 2 aliphatic rings. The minimum atomic E-state index is -0.0676. The predicted octanol–water partition coefficient (Wildman–Crippen LogP) is 4.77. The number of fused-ring (bicyclic) bond motifs is 2. The van der Waals surface area contributed by atoms with Gasteiger partial charge in [-0.3, -0.25) is 4.79 Å². The van der Waals surface area contributed by atoms with E-state index in [-0.39, 0.29) is 5.91 Å². The van der Waals surface area contributed by atoms with E-state index in [4.69, 9.17) is 4.74 Å². The van der Waals surface area contributed by atoms with Crippen molar-refractivity contribution in [1.82, 2.24) is 10.2 Å². The summed E-state index contributed by atoms with van der Waals surface area (Å²) < 4.78 is 7.31. The van der Waals surface area contributed by atoms with Gasteiger partial charge in [0.05, 0.1) is 0 Å². The third kappa shape index (κ3) is 4.58. The Morgan fingerprint density at radius 1 is 1.14 bits per heavy atom. The molecule has 0 saturated carbocycles. The summed E-state index contributed by atoms with van der Waals surface area (Å²) in [6.45, 7) is 0.491. The molecule has 4 nitrogen and oxygen atoms in total. The molecule has 2 aromatic rings. The maximum absolute atomic E-state index is 12.3. The molecule has 2 saturated heterocycles. The number of benzene rings is 2. The molecule has 2 fully saturated rings. The largest absolute Gasteiger partial charge is 0.490 e. The Kier molecular flexibility index (Phi) is 6.02.